The third-order valence-corrected chi connectivity index (χ3v) is 4.31. The lowest BCUT2D eigenvalue weighted by molar-refractivity contribution is 0.199. The average Bonchev–Trinajstić information content (AvgIpc) is 2.61. The molecule has 4 nitrogen and oxygen atoms in total. The smallest absolute Gasteiger partial charge is 0.163 e. The first-order chi connectivity index (χ1) is 12.5. The van der Waals surface area contributed by atoms with Gasteiger partial charge in [-0.2, -0.15) is 0 Å². The summed E-state index contributed by atoms with van der Waals surface area (Å²) in [6.45, 7) is 4.50. The molecule has 0 atom stereocenters. The lowest BCUT2D eigenvalue weighted by atomic mass is 10.2. The van der Waals surface area contributed by atoms with E-state index < -0.39 is 0 Å². The molecule has 1 N–H and O–H groups in total. The Kier molecular flexibility index (Phi) is 8.45. The van der Waals surface area contributed by atoms with Crippen LogP contribution >= 0.6 is 23.2 Å². The highest BCUT2D eigenvalue weighted by atomic mass is 35.5. The molecule has 0 fully saturated rings. The molecule has 142 valence electrons. The van der Waals surface area contributed by atoms with Crippen molar-refractivity contribution >= 4 is 23.2 Å². The molecular formula is C19H22Cl2FNO3. The van der Waals surface area contributed by atoms with Crippen LogP contribution in [-0.2, 0) is 17.9 Å². The zero-order chi connectivity index (χ0) is 18.9. The lowest BCUT2D eigenvalue weighted by Crippen LogP contribution is -2.18. The van der Waals surface area contributed by atoms with Crippen LogP contribution in [0.1, 0.15) is 18.1 Å². The summed E-state index contributed by atoms with van der Waals surface area (Å²) in [5.74, 6) is 0.721. The maximum atomic E-state index is 13.1. The van der Waals surface area contributed by atoms with Gasteiger partial charge in [-0.25, -0.2) is 4.39 Å². The molecule has 0 aliphatic carbocycles. The van der Waals surface area contributed by atoms with Gasteiger partial charge in [-0.05, 0) is 30.7 Å². The van der Waals surface area contributed by atoms with E-state index in [1.807, 2.05) is 13.0 Å². The van der Waals surface area contributed by atoms with Crippen molar-refractivity contribution in [2.24, 2.45) is 0 Å². The molecule has 0 saturated heterocycles. The Balaban J connectivity index is 2.12. The van der Waals surface area contributed by atoms with E-state index in [0.717, 1.165) is 12.1 Å². The number of hydrogen-bond acceptors (Lipinski definition) is 4. The molecule has 0 aliphatic rings. The quantitative estimate of drug-likeness (QED) is 0.577. The summed E-state index contributed by atoms with van der Waals surface area (Å²) in [5.41, 5.74) is 1.58. The third kappa shape index (κ3) is 6.02. The highest BCUT2D eigenvalue weighted by Gasteiger charge is 2.12. The van der Waals surface area contributed by atoms with Gasteiger partial charge >= 0.3 is 0 Å². The van der Waals surface area contributed by atoms with Gasteiger partial charge in [-0.15, -0.1) is 0 Å². The molecule has 0 unspecified atom stereocenters. The monoisotopic (exact) mass is 401 g/mol. The fraction of sp³-hybridized carbons (Fsp3) is 0.368. The highest BCUT2D eigenvalue weighted by Crippen LogP contribution is 2.34. The van der Waals surface area contributed by atoms with Gasteiger partial charge < -0.3 is 19.5 Å². The van der Waals surface area contributed by atoms with Crippen LogP contribution < -0.4 is 14.8 Å². The molecular weight excluding hydrogens is 380 g/mol. The van der Waals surface area contributed by atoms with E-state index in [9.17, 15) is 4.39 Å². The first kappa shape index (κ1) is 20.8. The minimum Gasteiger partial charge on any atom is -0.490 e. The Bertz CT molecular complexity index is 728. The van der Waals surface area contributed by atoms with E-state index in [4.69, 9.17) is 37.4 Å². The van der Waals surface area contributed by atoms with Gasteiger partial charge in [0.1, 0.15) is 12.4 Å². The largest absolute Gasteiger partial charge is 0.490 e. The van der Waals surface area contributed by atoms with Crippen molar-refractivity contribution in [3.63, 3.8) is 0 Å². The van der Waals surface area contributed by atoms with Crippen molar-refractivity contribution in [1.29, 1.82) is 0 Å². The van der Waals surface area contributed by atoms with Crippen LogP contribution in [0, 0.1) is 5.82 Å². The van der Waals surface area contributed by atoms with Crippen LogP contribution in [-0.4, -0.2) is 26.9 Å². The van der Waals surface area contributed by atoms with Gasteiger partial charge in [-0.1, -0.05) is 29.3 Å². The van der Waals surface area contributed by atoms with Crippen LogP contribution in [0.25, 0.3) is 0 Å². The summed E-state index contributed by atoms with van der Waals surface area (Å²) in [6.07, 6.45) is 0. The van der Waals surface area contributed by atoms with E-state index in [1.54, 1.807) is 19.2 Å². The summed E-state index contributed by atoms with van der Waals surface area (Å²) in [4.78, 5) is 0. The first-order valence-corrected chi connectivity index (χ1v) is 9.02. The standard InChI is InChI=1S/C19H22Cl2FNO3/c1-3-25-18-8-14(11-23-6-7-24-2)17(21)10-19(18)26-12-13-4-5-15(22)9-16(13)20/h4-5,8-10,23H,3,6-7,11-12H2,1-2H3. The minimum absolute atomic E-state index is 0.182. The Morgan fingerprint density at radius 3 is 2.42 bits per heavy atom. The molecule has 2 aromatic carbocycles. The highest BCUT2D eigenvalue weighted by molar-refractivity contribution is 6.31. The third-order valence-electron chi connectivity index (χ3n) is 3.61. The average molecular weight is 402 g/mol. The van der Waals surface area contributed by atoms with Crippen molar-refractivity contribution in [3.05, 3.63) is 57.3 Å². The second kappa shape index (κ2) is 10.6. The maximum absolute atomic E-state index is 13.1. The fourth-order valence-electron chi connectivity index (χ4n) is 2.29. The van der Waals surface area contributed by atoms with E-state index >= 15 is 0 Å². The Morgan fingerprint density at radius 1 is 1.00 bits per heavy atom. The molecule has 0 spiro atoms. The molecule has 0 aromatic heterocycles. The van der Waals surface area contributed by atoms with Gasteiger partial charge in [0, 0.05) is 36.9 Å². The van der Waals surface area contributed by atoms with Gasteiger partial charge in [-0.3, -0.25) is 0 Å². The second-order valence-electron chi connectivity index (χ2n) is 5.52. The fourth-order valence-corrected chi connectivity index (χ4v) is 2.73. The normalized spacial score (nSPS) is 10.8. The number of methoxy groups -OCH3 is 1. The zero-order valence-electron chi connectivity index (χ0n) is 14.8. The van der Waals surface area contributed by atoms with E-state index in [-0.39, 0.29) is 12.4 Å². The molecule has 0 saturated carbocycles. The number of hydrogen-bond donors (Lipinski definition) is 1. The predicted molar refractivity (Wildman–Crippen MR) is 102 cm³/mol. The van der Waals surface area contributed by atoms with Gasteiger partial charge in [0.05, 0.1) is 18.2 Å². The summed E-state index contributed by atoms with van der Waals surface area (Å²) in [7, 11) is 1.65. The van der Waals surface area contributed by atoms with Crippen molar-refractivity contribution in [2.45, 2.75) is 20.1 Å². The molecule has 0 aliphatic heterocycles. The summed E-state index contributed by atoms with van der Waals surface area (Å²) < 4.78 is 29.6. The molecule has 0 bridgehead atoms. The molecule has 26 heavy (non-hydrogen) atoms. The molecule has 0 heterocycles. The molecule has 7 heteroatoms. The van der Waals surface area contributed by atoms with Crippen LogP contribution in [0.5, 0.6) is 11.5 Å². The summed E-state index contributed by atoms with van der Waals surface area (Å²) >= 11 is 12.4. The maximum Gasteiger partial charge on any atom is 0.163 e. The zero-order valence-corrected chi connectivity index (χ0v) is 16.3. The number of rotatable bonds is 10. The van der Waals surface area contributed by atoms with Crippen molar-refractivity contribution in [2.75, 3.05) is 26.9 Å². The molecule has 2 aromatic rings. The van der Waals surface area contributed by atoms with Crippen LogP contribution in [0.15, 0.2) is 30.3 Å². The van der Waals surface area contributed by atoms with E-state index in [1.165, 1.54) is 12.1 Å². The molecule has 2 rings (SSSR count). The van der Waals surface area contributed by atoms with Crippen molar-refractivity contribution < 1.29 is 18.6 Å². The van der Waals surface area contributed by atoms with Crippen molar-refractivity contribution in [1.82, 2.24) is 5.32 Å². The topological polar surface area (TPSA) is 39.7 Å². The second-order valence-corrected chi connectivity index (χ2v) is 6.33. The van der Waals surface area contributed by atoms with Crippen LogP contribution in [0.4, 0.5) is 4.39 Å². The molecule has 0 amide bonds. The van der Waals surface area contributed by atoms with Gasteiger partial charge in [0.25, 0.3) is 0 Å². The number of halogens is 3. The summed E-state index contributed by atoms with van der Waals surface area (Å²) in [6, 6.07) is 7.76. The number of ether oxygens (including phenoxy) is 3. The minimum atomic E-state index is -0.387. The number of nitrogens with one attached hydrogen (secondary N) is 1. The van der Waals surface area contributed by atoms with Crippen molar-refractivity contribution in [3.8, 4) is 11.5 Å². The predicted octanol–water partition coefficient (Wildman–Crippen LogP) is 4.85. The van der Waals surface area contributed by atoms with E-state index in [2.05, 4.69) is 5.32 Å². The Labute approximate surface area is 163 Å². The first-order valence-electron chi connectivity index (χ1n) is 8.26. The SMILES string of the molecule is CCOc1cc(CNCCOC)c(Cl)cc1OCc1ccc(F)cc1Cl. The summed E-state index contributed by atoms with van der Waals surface area (Å²) in [5, 5.41) is 4.13. The molecule has 0 radical (unpaired) electrons. The van der Waals surface area contributed by atoms with Gasteiger partial charge in [0.2, 0.25) is 0 Å². The Morgan fingerprint density at radius 2 is 1.73 bits per heavy atom. The number of benzene rings is 2. The lowest BCUT2D eigenvalue weighted by Gasteiger charge is -2.16. The Hall–Kier alpha value is -1.53. The van der Waals surface area contributed by atoms with E-state index in [0.29, 0.717) is 46.9 Å². The van der Waals surface area contributed by atoms with Gasteiger partial charge in [0.15, 0.2) is 11.5 Å². The van der Waals surface area contributed by atoms with Crippen LogP contribution in [0.3, 0.4) is 0 Å². The van der Waals surface area contributed by atoms with Crippen LogP contribution in [0.2, 0.25) is 10.0 Å².